The van der Waals surface area contributed by atoms with Crippen LogP contribution in [0.3, 0.4) is 0 Å². The summed E-state index contributed by atoms with van der Waals surface area (Å²) >= 11 is 1.36. The number of benzene rings is 1. The SMILES string of the molecule is CC(C)CCC(=O)N1C[C@@H]2CC[C@]2(CNC(=O)c2cccc3cnsc23)C1. The zero-order chi connectivity index (χ0) is 19.0. The van der Waals surface area contributed by atoms with Gasteiger partial charge in [0.2, 0.25) is 5.91 Å². The van der Waals surface area contributed by atoms with Gasteiger partial charge >= 0.3 is 0 Å². The number of rotatable bonds is 6. The average Bonchev–Trinajstić information content (AvgIpc) is 3.21. The number of amides is 2. The number of hydrogen-bond donors (Lipinski definition) is 1. The molecule has 2 heterocycles. The molecule has 5 nitrogen and oxygen atoms in total. The summed E-state index contributed by atoms with van der Waals surface area (Å²) in [6.07, 6.45) is 5.64. The van der Waals surface area contributed by atoms with E-state index in [1.165, 1.54) is 11.5 Å². The van der Waals surface area contributed by atoms with Gasteiger partial charge in [-0.3, -0.25) is 9.59 Å². The Morgan fingerprint density at radius 3 is 3.00 bits per heavy atom. The molecule has 1 aromatic carbocycles. The van der Waals surface area contributed by atoms with E-state index in [1.807, 2.05) is 23.1 Å². The standard InChI is InChI=1S/C21H27N3O2S/c1-14(2)6-7-18(25)24-11-16-8-9-21(16,13-24)12-22-20(26)17-5-3-4-15-10-23-27-19(15)17/h3-5,10,14,16H,6-9,11-13H2,1-2H3,(H,22,26)/t16-,21-/m0/s1. The minimum absolute atomic E-state index is 0.0329. The Hall–Kier alpha value is -1.95. The highest BCUT2D eigenvalue weighted by molar-refractivity contribution is 7.13. The predicted molar refractivity (Wildman–Crippen MR) is 108 cm³/mol. The molecule has 1 aliphatic carbocycles. The fourth-order valence-electron chi connectivity index (χ4n) is 4.43. The molecule has 4 rings (SSSR count). The van der Waals surface area contributed by atoms with Crippen molar-refractivity contribution >= 4 is 33.4 Å². The van der Waals surface area contributed by atoms with E-state index in [4.69, 9.17) is 0 Å². The second kappa shape index (κ2) is 7.23. The van der Waals surface area contributed by atoms with Gasteiger partial charge in [-0.2, -0.15) is 4.37 Å². The van der Waals surface area contributed by atoms with Crippen LogP contribution < -0.4 is 5.32 Å². The maximum Gasteiger partial charge on any atom is 0.252 e. The lowest BCUT2D eigenvalue weighted by atomic mass is 9.62. The molecule has 144 valence electrons. The molecule has 1 saturated heterocycles. The highest BCUT2D eigenvalue weighted by Crippen LogP contribution is 2.51. The lowest BCUT2D eigenvalue weighted by molar-refractivity contribution is -0.130. The summed E-state index contributed by atoms with van der Waals surface area (Å²) in [6.45, 7) is 6.61. The molecule has 0 spiro atoms. The molecule has 1 aromatic heterocycles. The summed E-state index contributed by atoms with van der Waals surface area (Å²) in [4.78, 5) is 27.3. The molecular weight excluding hydrogens is 358 g/mol. The maximum absolute atomic E-state index is 12.8. The Labute approximate surface area is 164 Å². The van der Waals surface area contributed by atoms with Crippen LogP contribution >= 0.6 is 11.5 Å². The van der Waals surface area contributed by atoms with E-state index < -0.39 is 0 Å². The maximum atomic E-state index is 12.8. The van der Waals surface area contributed by atoms with Crippen molar-refractivity contribution in [2.45, 2.75) is 39.5 Å². The summed E-state index contributed by atoms with van der Waals surface area (Å²) in [5.41, 5.74) is 0.773. The monoisotopic (exact) mass is 385 g/mol. The largest absolute Gasteiger partial charge is 0.351 e. The fraction of sp³-hybridized carbons (Fsp3) is 0.571. The molecule has 1 aliphatic heterocycles. The minimum Gasteiger partial charge on any atom is -0.351 e. The molecule has 2 atom stereocenters. The van der Waals surface area contributed by atoms with Gasteiger partial charge in [0.05, 0.1) is 10.3 Å². The van der Waals surface area contributed by atoms with E-state index in [2.05, 4.69) is 23.5 Å². The van der Waals surface area contributed by atoms with Gasteiger partial charge in [-0.15, -0.1) is 0 Å². The van der Waals surface area contributed by atoms with Crippen molar-refractivity contribution in [1.82, 2.24) is 14.6 Å². The van der Waals surface area contributed by atoms with Crippen molar-refractivity contribution in [2.75, 3.05) is 19.6 Å². The first-order valence-electron chi connectivity index (χ1n) is 9.88. The molecule has 2 amide bonds. The molecule has 2 fully saturated rings. The molecule has 1 saturated carbocycles. The van der Waals surface area contributed by atoms with Gasteiger partial charge < -0.3 is 10.2 Å². The van der Waals surface area contributed by atoms with Crippen molar-refractivity contribution in [1.29, 1.82) is 0 Å². The van der Waals surface area contributed by atoms with E-state index in [0.29, 0.717) is 30.4 Å². The molecule has 2 aliphatic rings. The molecule has 1 N–H and O–H groups in total. The van der Waals surface area contributed by atoms with Gasteiger partial charge in [0, 0.05) is 43.1 Å². The highest BCUT2D eigenvalue weighted by atomic mass is 32.1. The lowest BCUT2D eigenvalue weighted by Gasteiger charge is -2.43. The van der Waals surface area contributed by atoms with E-state index in [9.17, 15) is 9.59 Å². The Bertz CT molecular complexity index is 862. The van der Waals surface area contributed by atoms with Crippen LogP contribution in [0.15, 0.2) is 24.4 Å². The van der Waals surface area contributed by atoms with Gasteiger partial charge in [0.25, 0.3) is 5.91 Å². The first-order valence-corrected chi connectivity index (χ1v) is 10.7. The van der Waals surface area contributed by atoms with Gasteiger partial charge in [0.1, 0.15) is 0 Å². The molecule has 6 heteroatoms. The van der Waals surface area contributed by atoms with E-state index in [1.54, 1.807) is 6.20 Å². The Balaban J connectivity index is 1.39. The van der Waals surface area contributed by atoms with Gasteiger partial charge in [-0.25, -0.2) is 0 Å². The predicted octanol–water partition coefficient (Wildman–Crippen LogP) is 3.70. The van der Waals surface area contributed by atoms with E-state index in [0.717, 1.165) is 42.4 Å². The van der Waals surface area contributed by atoms with Crippen LogP contribution in [0, 0.1) is 17.3 Å². The summed E-state index contributed by atoms with van der Waals surface area (Å²) in [5.74, 6) is 1.32. The van der Waals surface area contributed by atoms with Crippen LogP contribution in [0.5, 0.6) is 0 Å². The van der Waals surface area contributed by atoms with Crippen LogP contribution in [0.2, 0.25) is 0 Å². The van der Waals surface area contributed by atoms with Crippen molar-refractivity contribution in [2.24, 2.45) is 17.3 Å². The Kier molecular flexibility index (Phi) is 4.93. The fourth-order valence-corrected chi connectivity index (χ4v) is 5.19. The number of carbonyl (C=O) groups excluding carboxylic acids is 2. The van der Waals surface area contributed by atoms with Crippen molar-refractivity contribution < 1.29 is 9.59 Å². The first-order chi connectivity index (χ1) is 13.0. The summed E-state index contributed by atoms with van der Waals surface area (Å²) in [7, 11) is 0. The van der Waals surface area contributed by atoms with Crippen LogP contribution in [-0.4, -0.2) is 40.7 Å². The number of aromatic nitrogens is 1. The second-order valence-corrected chi connectivity index (χ2v) is 9.34. The summed E-state index contributed by atoms with van der Waals surface area (Å²) in [5, 5.41) is 4.17. The topological polar surface area (TPSA) is 62.3 Å². The molecule has 2 aromatic rings. The third-order valence-electron chi connectivity index (χ3n) is 6.32. The molecular formula is C21H27N3O2S. The van der Waals surface area contributed by atoms with E-state index >= 15 is 0 Å². The lowest BCUT2D eigenvalue weighted by Crippen LogP contribution is -2.48. The molecule has 27 heavy (non-hydrogen) atoms. The summed E-state index contributed by atoms with van der Waals surface area (Å²) in [6, 6.07) is 5.75. The van der Waals surface area contributed by atoms with Crippen molar-refractivity contribution in [3.8, 4) is 0 Å². The van der Waals surface area contributed by atoms with Gasteiger partial charge in [-0.05, 0) is 48.7 Å². The smallest absolute Gasteiger partial charge is 0.252 e. The van der Waals surface area contributed by atoms with Crippen LogP contribution in [0.4, 0.5) is 0 Å². The number of fused-ring (bicyclic) bond motifs is 2. The number of hydrogen-bond acceptors (Lipinski definition) is 4. The second-order valence-electron chi connectivity index (χ2n) is 8.54. The van der Waals surface area contributed by atoms with Crippen LogP contribution in [0.25, 0.3) is 10.1 Å². The Morgan fingerprint density at radius 1 is 1.41 bits per heavy atom. The highest BCUT2D eigenvalue weighted by Gasteiger charge is 2.53. The zero-order valence-electron chi connectivity index (χ0n) is 16.0. The Morgan fingerprint density at radius 2 is 2.26 bits per heavy atom. The van der Waals surface area contributed by atoms with Crippen LogP contribution in [-0.2, 0) is 4.79 Å². The number of nitrogens with one attached hydrogen (secondary N) is 1. The van der Waals surface area contributed by atoms with Crippen molar-refractivity contribution in [3.05, 3.63) is 30.0 Å². The number of nitrogens with zero attached hydrogens (tertiary/aromatic N) is 2. The first kappa shape index (κ1) is 18.4. The van der Waals surface area contributed by atoms with Crippen molar-refractivity contribution in [3.63, 3.8) is 0 Å². The zero-order valence-corrected chi connectivity index (χ0v) is 16.8. The van der Waals surface area contributed by atoms with Crippen LogP contribution in [0.1, 0.15) is 49.9 Å². The average molecular weight is 386 g/mol. The number of carbonyl (C=O) groups is 2. The van der Waals surface area contributed by atoms with E-state index in [-0.39, 0.29) is 17.2 Å². The quantitative estimate of drug-likeness (QED) is 0.825. The van der Waals surface area contributed by atoms with Gasteiger partial charge in [0.15, 0.2) is 0 Å². The minimum atomic E-state index is -0.0329. The molecule has 0 radical (unpaired) electrons. The third-order valence-corrected chi connectivity index (χ3v) is 7.17. The number of likely N-dealkylation sites (tertiary alicyclic amines) is 1. The molecule has 0 unspecified atom stereocenters. The summed E-state index contributed by atoms with van der Waals surface area (Å²) < 4.78 is 5.13. The third kappa shape index (κ3) is 3.47. The normalized spacial score (nSPS) is 24.1. The molecule has 0 bridgehead atoms. The van der Waals surface area contributed by atoms with Gasteiger partial charge in [-0.1, -0.05) is 26.0 Å².